The van der Waals surface area contributed by atoms with E-state index in [-0.39, 0.29) is 0 Å². The van der Waals surface area contributed by atoms with Gasteiger partial charge in [-0.2, -0.15) is 4.39 Å². The van der Waals surface area contributed by atoms with E-state index in [1.54, 1.807) is 24.3 Å². The average molecular weight is 306 g/mol. The van der Waals surface area contributed by atoms with Gasteiger partial charge in [0, 0.05) is 17.1 Å². The molecule has 1 N–H and O–H groups in total. The van der Waals surface area contributed by atoms with Crippen LogP contribution in [0.5, 0.6) is 0 Å². The van der Waals surface area contributed by atoms with Gasteiger partial charge in [0.05, 0.1) is 10.0 Å². The number of aromatic nitrogens is 1. The lowest BCUT2D eigenvalue weighted by Gasteiger charge is -2.10. The van der Waals surface area contributed by atoms with Gasteiger partial charge in [-0.05, 0) is 24.3 Å². The molecule has 0 radical (unpaired) electrons. The highest BCUT2D eigenvalue weighted by molar-refractivity contribution is 6.44. The molecule has 0 fully saturated rings. The number of halogens is 4. The molecule has 0 amide bonds. The smallest absolute Gasteiger partial charge is 0.214 e. The van der Waals surface area contributed by atoms with Crippen LogP contribution < -0.4 is 5.32 Å². The molecule has 1 aromatic heterocycles. The van der Waals surface area contributed by atoms with Crippen molar-refractivity contribution in [1.29, 1.82) is 0 Å². The molecule has 6 heteroatoms. The van der Waals surface area contributed by atoms with Gasteiger partial charge < -0.3 is 5.32 Å². The first kappa shape index (κ1) is 13.4. The first-order valence-electron chi connectivity index (χ1n) is 5.06. The minimum Gasteiger partial charge on any atom is -0.366 e. The highest BCUT2D eigenvalue weighted by Gasteiger charge is 2.09. The van der Waals surface area contributed by atoms with Gasteiger partial charge >= 0.3 is 0 Å². The summed E-state index contributed by atoms with van der Waals surface area (Å²) in [5, 5.41) is 4.23. The third-order valence-electron chi connectivity index (χ3n) is 2.30. The van der Waals surface area contributed by atoms with E-state index >= 15 is 0 Å². The normalized spacial score (nSPS) is 10.4. The standard InChI is InChI=1S/C12H8Cl3FN2/c13-8-4-5-9(14)12(15)7(8)6-17-11-3-1-2-10(16)18-11/h1-5H,6H2,(H,17,18). The molecule has 0 bridgehead atoms. The largest absolute Gasteiger partial charge is 0.366 e. The fourth-order valence-corrected chi connectivity index (χ4v) is 2.10. The lowest BCUT2D eigenvalue weighted by Crippen LogP contribution is -2.03. The molecule has 0 aliphatic heterocycles. The third kappa shape index (κ3) is 3.05. The molecule has 0 aliphatic carbocycles. The molecule has 1 aromatic carbocycles. The van der Waals surface area contributed by atoms with Crippen molar-refractivity contribution in [2.45, 2.75) is 6.54 Å². The Kier molecular flexibility index (Phi) is 4.27. The van der Waals surface area contributed by atoms with Crippen molar-refractivity contribution in [2.75, 3.05) is 5.32 Å². The number of nitrogens with one attached hydrogen (secondary N) is 1. The maximum absolute atomic E-state index is 12.9. The Hall–Kier alpha value is -1.03. The Morgan fingerprint density at radius 1 is 1.06 bits per heavy atom. The summed E-state index contributed by atoms with van der Waals surface area (Å²) >= 11 is 18.0. The van der Waals surface area contributed by atoms with Gasteiger partial charge in [0.15, 0.2) is 0 Å². The van der Waals surface area contributed by atoms with Gasteiger partial charge in [0.1, 0.15) is 5.82 Å². The Morgan fingerprint density at radius 2 is 1.78 bits per heavy atom. The summed E-state index contributed by atoms with van der Waals surface area (Å²) in [5.74, 6) is -0.148. The predicted molar refractivity (Wildman–Crippen MR) is 73.0 cm³/mol. The van der Waals surface area contributed by atoms with Crippen LogP contribution in [-0.2, 0) is 6.54 Å². The van der Waals surface area contributed by atoms with E-state index < -0.39 is 5.95 Å². The molecule has 2 aromatic rings. The minimum atomic E-state index is -0.553. The van der Waals surface area contributed by atoms with Crippen molar-refractivity contribution in [3.63, 3.8) is 0 Å². The first-order valence-corrected chi connectivity index (χ1v) is 6.20. The van der Waals surface area contributed by atoms with Crippen LogP contribution in [0, 0.1) is 5.95 Å². The first-order chi connectivity index (χ1) is 8.58. The highest BCUT2D eigenvalue weighted by Crippen LogP contribution is 2.31. The number of hydrogen-bond donors (Lipinski definition) is 1. The molecule has 94 valence electrons. The lowest BCUT2D eigenvalue weighted by atomic mass is 10.2. The Morgan fingerprint density at radius 3 is 2.50 bits per heavy atom. The lowest BCUT2D eigenvalue weighted by molar-refractivity contribution is 0.585. The Balaban J connectivity index is 2.18. The van der Waals surface area contributed by atoms with E-state index in [9.17, 15) is 4.39 Å². The number of rotatable bonds is 3. The number of anilines is 1. The third-order valence-corrected chi connectivity index (χ3v) is 3.50. The molecule has 1 heterocycles. The second kappa shape index (κ2) is 5.74. The Labute approximate surface area is 119 Å². The maximum Gasteiger partial charge on any atom is 0.214 e. The van der Waals surface area contributed by atoms with Gasteiger partial charge in [-0.1, -0.05) is 40.9 Å². The second-order valence-electron chi connectivity index (χ2n) is 3.52. The van der Waals surface area contributed by atoms with Crippen molar-refractivity contribution in [3.8, 4) is 0 Å². The number of nitrogens with zero attached hydrogens (tertiary/aromatic N) is 1. The molecule has 0 atom stereocenters. The van der Waals surface area contributed by atoms with E-state index in [0.717, 1.165) is 0 Å². The quantitative estimate of drug-likeness (QED) is 0.651. The topological polar surface area (TPSA) is 24.9 Å². The molecule has 0 spiro atoms. The van der Waals surface area contributed by atoms with Crippen LogP contribution in [0.4, 0.5) is 10.2 Å². The number of benzene rings is 1. The van der Waals surface area contributed by atoms with Crippen LogP contribution in [0.1, 0.15) is 5.56 Å². The van der Waals surface area contributed by atoms with Crippen LogP contribution in [0.25, 0.3) is 0 Å². The summed E-state index contributed by atoms with van der Waals surface area (Å²) in [4.78, 5) is 3.67. The zero-order chi connectivity index (χ0) is 13.1. The summed E-state index contributed by atoms with van der Waals surface area (Å²) in [5.41, 5.74) is 0.650. The fourth-order valence-electron chi connectivity index (χ4n) is 1.42. The van der Waals surface area contributed by atoms with E-state index in [0.29, 0.717) is 33.0 Å². The SMILES string of the molecule is Fc1cccc(NCc2c(Cl)ccc(Cl)c2Cl)n1. The zero-order valence-corrected chi connectivity index (χ0v) is 11.3. The predicted octanol–water partition coefficient (Wildman–Crippen LogP) is 4.79. The highest BCUT2D eigenvalue weighted by atomic mass is 35.5. The van der Waals surface area contributed by atoms with Crippen LogP contribution in [0.3, 0.4) is 0 Å². The van der Waals surface area contributed by atoms with E-state index in [1.807, 2.05) is 0 Å². The van der Waals surface area contributed by atoms with E-state index in [1.165, 1.54) is 6.07 Å². The number of hydrogen-bond acceptors (Lipinski definition) is 2. The van der Waals surface area contributed by atoms with Gasteiger partial charge in [0.2, 0.25) is 5.95 Å². The van der Waals surface area contributed by atoms with Crippen LogP contribution in [0.15, 0.2) is 30.3 Å². The van der Waals surface area contributed by atoms with E-state index in [4.69, 9.17) is 34.8 Å². The summed E-state index contributed by atoms with van der Waals surface area (Å²) in [6.07, 6.45) is 0. The second-order valence-corrected chi connectivity index (χ2v) is 4.71. The molecule has 0 saturated heterocycles. The van der Waals surface area contributed by atoms with Crippen molar-refractivity contribution >= 4 is 40.6 Å². The summed E-state index contributed by atoms with van der Waals surface area (Å²) in [7, 11) is 0. The van der Waals surface area contributed by atoms with E-state index in [2.05, 4.69) is 10.3 Å². The Bertz CT molecular complexity index is 575. The van der Waals surface area contributed by atoms with Gasteiger partial charge in [-0.3, -0.25) is 0 Å². The molecular formula is C12H8Cl3FN2. The molecular weight excluding hydrogens is 298 g/mol. The summed E-state index contributed by atoms with van der Waals surface area (Å²) in [6, 6.07) is 7.76. The van der Waals surface area contributed by atoms with Gasteiger partial charge in [0.25, 0.3) is 0 Å². The average Bonchev–Trinajstić information content (AvgIpc) is 2.34. The van der Waals surface area contributed by atoms with Gasteiger partial charge in [-0.25, -0.2) is 4.98 Å². The van der Waals surface area contributed by atoms with Gasteiger partial charge in [-0.15, -0.1) is 0 Å². The van der Waals surface area contributed by atoms with Crippen LogP contribution in [0.2, 0.25) is 15.1 Å². The van der Waals surface area contributed by atoms with Crippen molar-refractivity contribution in [3.05, 3.63) is 56.9 Å². The van der Waals surface area contributed by atoms with Crippen LogP contribution in [-0.4, -0.2) is 4.98 Å². The molecule has 18 heavy (non-hydrogen) atoms. The number of pyridine rings is 1. The summed E-state index contributed by atoms with van der Waals surface area (Å²) in [6.45, 7) is 0.314. The molecule has 0 aliphatic rings. The molecule has 2 nitrogen and oxygen atoms in total. The fraction of sp³-hybridized carbons (Fsp3) is 0.0833. The zero-order valence-electron chi connectivity index (χ0n) is 9.05. The van der Waals surface area contributed by atoms with Crippen molar-refractivity contribution < 1.29 is 4.39 Å². The molecule has 2 rings (SSSR count). The minimum absolute atomic E-state index is 0.314. The summed E-state index contributed by atoms with van der Waals surface area (Å²) < 4.78 is 12.9. The molecule has 0 unspecified atom stereocenters. The molecule has 0 saturated carbocycles. The monoisotopic (exact) mass is 304 g/mol. The van der Waals surface area contributed by atoms with Crippen molar-refractivity contribution in [1.82, 2.24) is 4.98 Å². The maximum atomic E-state index is 12.9. The van der Waals surface area contributed by atoms with Crippen LogP contribution >= 0.6 is 34.8 Å². The van der Waals surface area contributed by atoms with Crippen molar-refractivity contribution in [2.24, 2.45) is 0 Å².